The van der Waals surface area contributed by atoms with Gasteiger partial charge in [-0.1, -0.05) is 6.92 Å². The topological polar surface area (TPSA) is 41.7 Å². The van der Waals surface area contributed by atoms with Crippen molar-refractivity contribution in [3.05, 3.63) is 0 Å². The molecular weight excluding hydrogens is 202 g/mol. The molecule has 0 bridgehead atoms. The maximum Gasteiger partial charge on any atom is 0.0594 e. The Morgan fingerprint density at radius 1 is 1.25 bits per heavy atom. The summed E-state index contributed by atoms with van der Waals surface area (Å²) in [7, 11) is 0. The number of likely N-dealkylation sites (tertiary alicyclic amines) is 1. The van der Waals surface area contributed by atoms with Gasteiger partial charge in [0.1, 0.15) is 0 Å². The fourth-order valence-electron chi connectivity index (χ4n) is 2.73. The Kier molecular flexibility index (Phi) is 4.58. The third-order valence-electron chi connectivity index (χ3n) is 3.93. The zero-order valence-corrected chi connectivity index (χ0v) is 10.4. The van der Waals surface area contributed by atoms with E-state index in [2.05, 4.69) is 16.7 Å². The van der Waals surface area contributed by atoms with Crippen LogP contribution >= 0.6 is 0 Å². The van der Waals surface area contributed by atoms with Crippen molar-refractivity contribution in [3.63, 3.8) is 0 Å². The van der Waals surface area contributed by atoms with Gasteiger partial charge >= 0.3 is 0 Å². The van der Waals surface area contributed by atoms with Gasteiger partial charge < -0.3 is 15.4 Å². The second-order valence-electron chi connectivity index (χ2n) is 5.02. The van der Waals surface area contributed by atoms with Gasteiger partial charge in [-0.3, -0.25) is 4.90 Å². The molecule has 0 aliphatic carbocycles. The van der Waals surface area contributed by atoms with E-state index in [1.165, 1.54) is 26.1 Å². The van der Waals surface area contributed by atoms with Gasteiger partial charge in [0, 0.05) is 32.2 Å². The lowest BCUT2D eigenvalue weighted by Crippen LogP contribution is -2.47. The molecular formula is C12H25N3O. The summed E-state index contributed by atoms with van der Waals surface area (Å²) in [6.07, 6.45) is 1.28. The number of nitrogens with two attached hydrogens (primary N) is 1. The quantitative estimate of drug-likeness (QED) is 0.733. The summed E-state index contributed by atoms with van der Waals surface area (Å²) < 4.78 is 5.35. The third kappa shape index (κ3) is 3.17. The Hall–Kier alpha value is -0.160. The minimum atomic E-state index is 0.342. The lowest BCUT2D eigenvalue weighted by molar-refractivity contribution is 0.0327. The molecule has 0 radical (unpaired) electrons. The molecule has 2 unspecified atom stereocenters. The lowest BCUT2D eigenvalue weighted by atomic mass is 9.99. The molecule has 2 N–H and O–H groups in total. The molecule has 2 saturated heterocycles. The standard InChI is InChI=1S/C12H25N3O/c1-2-14-4-3-11(9-14)12(13)10-15-5-7-16-8-6-15/h11-12H,2-10,13H2,1H3. The predicted octanol–water partition coefficient (Wildman–Crippen LogP) is -0.0123. The fraction of sp³-hybridized carbons (Fsp3) is 1.00. The molecule has 0 aromatic heterocycles. The van der Waals surface area contributed by atoms with Crippen molar-refractivity contribution < 1.29 is 4.74 Å². The van der Waals surface area contributed by atoms with Crippen LogP contribution in [0.4, 0.5) is 0 Å². The summed E-state index contributed by atoms with van der Waals surface area (Å²) in [4.78, 5) is 4.95. The van der Waals surface area contributed by atoms with E-state index in [-0.39, 0.29) is 0 Å². The number of rotatable bonds is 4. The van der Waals surface area contributed by atoms with Crippen LogP contribution in [0.1, 0.15) is 13.3 Å². The van der Waals surface area contributed by atoms with E-state index in [1.54, 1.807) is 0 Å². The Labute approximate surface area is 98.7 Å². The number of morpholine rings is 1. The first-order chi connectivity index (χ1) is 7.79. The lowest BCUT2D eigenvalue weighted by Gasteiger charge is -2.31. The first-order valence-electron chi connectivity index (χ1n) is 6.57. The molecule has 0 saturated carbocycles. The third-order valence-corrected chi connectivity index (χ3v) is 3.93. The predicted molar refractivity (Wildman–Crippen MR) is 65.5 cm³/mol. The highest BCUT2D eigenvalue weighted by atomic mass is 16.5. The summed E-state index contributed by atoms with van der Waals surface area (Å²) in [5.74, 6) is 0.697. The Morgan fingerprint density at radius 2 is 2.00 bits per heavy atom. The summed E-state index contributed by atoms with van der Waals surface area (Å²) >= 11 is 0. The van der Waals surface area contributed by atoms with Gasteiger partial charge in [0.15, 0.2) is 0 Å². The highest BCUT2D eigenvalue weighted by Crippen LogP contribution is 2.19. The second kappa shape index (κ2) is 5.96. The van der Waals surface area contributed by atoms with Gasteiger partial charge in [0.05, 0.1) is 13.2 Å². The Balaban J connectivity index is 1.72. The molecule has 0 aromatic rings. The average molecular weight is 227 g/mol. The smallest absolute Gasteiger partial charge is 0.0594 e. The zero-order valence-electron chi connectivity index (χ0n) is 10.4. The summed E-state index contributed by atoms with van der Waals surface area (Å²) in [5, 5.41) is 0. The molecule has 94 valence electrons. The minimum absolute atomic E-state index is 0.342. The van der Waals surface area contributed by atoms with Gasteiger partial charge in [0.25, 0.3) is 0 Å². The van der Waals surface area contributed by atoms with Crippen LogP contribution in [-0.2, 0) is 4.74 Å². The number of hydrogen-bond donors (Lipinski definition) is 1. The molecule has 2 atom stereocenters. The van der Waals surface area contributed by atoms with E-state index in [4.69, 9.17) is 10.5 Å². The van der Waals surface area contributed by atoms with E-state index >= 15 is 0 Å². The van der Waals surface area contributed by atoms with Crippen LogP contribution in [-0.4, -0.2) is 68.3 Å². The average Bonchev–Trinajstić information content (AvgIpc) is 2.79. The first kappa shape index (κ1) is 12.3. The van der Waals surface area contributed by atoms with Crippen molar-refractivity contribution in [1.82, 2.24) is 9.80 Å². The molecule has 4 nitrogen and oxygen atoms in total. The maximum absolute atomic E-state index is 6.32. The molecule has 2 heterocycles. The Morgan fingerprint density at radius 3 is 2.62 bits per heavy atom. The first-order valence-corrected chi connectivity index (χ1v) is 6.57. The van der Waals surface area contributed by atoms with Crippen molar-refractivity contribution in [1.29, 1.82) is 0 Å². The number of ether oxygens (including phenoxy) is 1. The molecule has 0 amide bonds. The van der Waals surface area contributed by atoms with Gasteiger partial charge in [-0.2, -0.15) is 0 Å². The Bertz CT molecular complexity index is 206. The van der Waals surface area contributed by atoms with Crippen molar-refractivity contribution >= 4 is 0 Å². The van der Waals surface area contributed by atoms with Crippen molar-refractivity contribution in [2.75, 3.05) is 52.5 Å². The van der Waals surface area contributed by atoms with Crippen LogP contribution in [0.3, 0.4) is 0 Å². The van der Waals surface area contributed by atoms with E-state index in [0.29, 0.717) is 12.0 Å². The molecule has 0 aromatic carbocycles. The van der Waals surface area contributed by atoms with Crippen LogP contribution in [0.15, 0.2) is 0 Å². The molecule has 2 fully saturated rings. The van der Waals surface area contributed by atoms with Crippen LogP contribution < -0.4 is 5.73 Å². The fourth-order valence-corrected chi connectivity index (χ4v) is 2.73. The molecule has 16 heavy (non-hydrogen) atoms. The van der Waals surface area contributed by atoms with E-state index in [0.717, 1.165) is 32.8 Å². The van der Waals surface area contributed by atoms with Gasteiger partial charge in [-0.15, -0.1) is 0 Å². The van der Waals surface area contributed by atoms with Crippen LogP contribution in [0.2, 0.25) is 0 Å². The summed E-state index contributed by atoms with van der Waals surface area (Å²) in [6.45, 7) is 10.7. The van der Waals surface area contributed by atoms with Crippen LogP contribution in [0, 0.1) is 5.92 Å². The minimum Gasteiger partial charge on any atom is -0.379 e. The van der Waals surface area contributed by atoms with Crippen molar-refractivity contribution in [3.8, 4) is 0 Å². The highest BCUT2D eigenvalue weighted by molar-refractivity contribution is 4.85. The van der Waals surface area contributed by atoms with Gasteiger partial charge in [0.2, 0.25) is 0 Å². The largest absolute Gasteiger partial charge is 0.379 e. The summed E-state index contributed by atoms with van der Waals surface area (Å²) in [6, 6.07) is 0.342. The SMILES string of the molecule is CCN1CCC(C(N)CN2CCOCC2)C1. The zero-order chi connectivity index (χ0) is 11.4. The highest BCUT2D eigenvalue weighted by Gasteiger charge is 2.27. The monoisotopic (exact) mass is 227 g/mol. The van der Waals surface area contributed by atoms with Crippen molar-refractivity contribution in [2.24, 2.45) is 11.7 Å². The summed E-state index contributed by atoms with van der Waals surface area (Å²) in [5.41, 5.74) is 6.32. The molecule has 4 heteroatoms. The normalized spacial score (nSPS) is 30.8. The second-order valence-corrected chi connectivity index (χ2v) is 5.02. The van der Waals surface area contributed by atoms with Gasteiger partial charge in [-0.25, -0.2) is 0 Å². The van der Waals surface area contributed by atoms with E-state index in [9.17, 15) is 0 Å². The van der Waals surface area contributed by atoms with Gasteiger partial charge in [-0.05, 0) is 25.4 Å². The van der Waals surface area contributed by atoms with Crippen LogP contribution in [0.5, 0.6) is 0 Å². The van der Waals surface area contributed by atoms with E-state index in [1.807, 2.05) is 0 Å². The van der Waals surface area contributed by atoms with Crippen LogP contribution in [0.25, 0.3) is 0 Å². The van der Waals surface area contributed by atoms with E-state index < -0.39 is 0 Å². The molecule has 2 aliphatic rings. The van der Waals surface area contributed by atoms with Crippen molar-refractivity contribution in [2.45, 2.75) is 19.4 Å². The molecule has 0 spiro atoms. The number of nitrogens with zero attached hydrogens (tertiary/aromatic N) is 2. The maximum atomic E-state index is 6.32. The molecule has 2 rings (SSSR count). The number of hydrogen-bond acceptors (Lipinski definition) is 4. The molecule has 2 aliphatic heterocycles.